The molecular formula is C14H24N2OS2. The van der Waals surface area contributed by atoms with E-state index in [1.165, 1.54) is 33.5 Å². The zero-order valence-electron chi connectivity index (χ0n) is 12.1. The minimum absolute atomic E-state index is 0.411. The van der Waals surface area contributed by atoms with Crippen LogP contribution in [0.5, 0.6) is 0 Å². The molecule has 1 aromatic rings. The van der Waals surface area contributed by atoms with Gasteiger partial charge < -0.3 is 10.1 Å². The summed E-state index contributed by atoms with van der Waals surface area (Å²) >= 11 is 3.93. The highest BCUT2D eigenvalue weighted by molar-refractivity contribution is 7.99. The molecule has 2 atom stereocenters. The quantitative estimate of drug-likeness (QED) is 0.785. The van der Waals surface area contributed by atoms with Gasteiger partial charge in [0, 0.05) is 18.5 Å². The van der Waals surface area contributed by atoms with Crippen LogP contribution in [0.25, 0.3) is 0 Å². The minimum atomic E-state index is 0.411. The van der Waals surface area contributed by atoms with Gasteiger partial charge in [0.2, 0.25) is 0 Å². The van der Waals surface area contributed by atoms with Crippen LogP contribution in [0.4, 0.5) is 0 Å². The van der Waals surface area contributed by atoms with Crippen molar-refractivity contribution >= 4 is 23.1 Å². The number of thiazole rings is 1. The fourth-order valence-corrected chi connectivity index (χ4v) is 4.98. The summed E-state index contributed by atoms with van der Waals surface area (Å²) in [5, 5.41) is 4.93. The van der Waals surface area contributed by atoms with Crippen LogP contribution >= 0.6 is 23.1 Å². The van der Waals surface area contributed by atoms with E-state index in [0.29, 0.717) is 6.04 Å². The van der Waals surface area contributed by atoms with Crippen molar-refractivity contribution in [2.24, 2.45) is 5.92 Å². The zero-order chi connectivity index (χ0) is 13.7. The van der Waals surface area contributed by atoms with Gasteiger partial charge in [-0.1, -0.05) is 6.92 Å². The Hall–Kier alpha value is -0.100. The number of aryl methyl sites for hydroxylation is 2. The number of rotatable bonds is 7. The smallest absolute Gasteiger partial charge is 0.110 e. The van der Waals surface area contributed by atoms with Crippen LogP contribution in [0.2, 0.25) is 0 Å². The highest BCUT2D eigenvalue weighted by Crippen LogP contribution is 2.36. The molecule has 1 saturated heterocycles. The molecule has 1 fully saturated rings. The lowest BCUT2D eigenvalue weighted by atomic mass is 9.99. The Balaban J connectivity index is 2.10. The molecular weight excluding hydrogens is 276 g/mol. The summed E-state index contributed by atoms with van der Waals surface area (Å²) in [5.41, 5.74) is 1.27. The third-order valence-electron chi connectivity index (χ3n) is 3.62. The second-order valence-corrected chi connectivity index (χ2v) is 7.34. The van der Waals surface area contributed by atoms with Gasteiger partial charge in [-0.2, -0.15) is 11.8 Å². The molecule has 0 bridgehead atoms. The maximum absolute atomic E-state index is 5.16. The highest BCUT2D eigenvalue weighted by atomic mass is 32.2. The van der Waals surface area contributed by atoms with Crippen molar-refractivity contribution in [2.45, 2.75) is 32.7 Å². The van der Waals surface area contributed by atoms with Gasteiger partial charge in [0.05, 0.1) is 18.3 Å². The molecule has 1 aromatic heterocycles. The average molecular weight is 300 g/mol. The Labute approximate surface area is 124 Å². The predicted molar refractivity (Wildman–Crippen MR) is 84.3 cm³/mol. The third-order valence-corrected chi connectivity index (χ3v) is 5.90. The van der Waals surface area contributed by atoms with Gasteiger partial charge in [-0.15, -0.1) is 11.3 Å². The van der Waals surface area contributed by atoms with E-state index in [4.69, 9.17) is 9.72 Å². The first-order valence-corrected chi connectivity index (χ1v) is 8.99. The number of nitrogens with zero attached hydrogens (tertiary/aromatic N) is 1. The summed E-state index contributed by atoms with van der Waals surface area (Å²) in [4.78, 5) is 6.23. The summed E-state index contributed by atoms with van der Waals surface area (Å²) in [6, 6.07) is 0.411. The Morgan fingerprint density at radius 1 is 1.53 bits per heavy atom. The Kier molecular flexibility index (Phi) is 6.13. The Bertz CT molecular complexity index is 389. The number of nitrogens with one attached hydrogen (secondary N) is 1. The van der Waals surface area contributed by atoms with Crippen LogP contribution in [-0.2, 0) is 11.2 Å². The summed E-state index contributed by atoms with van der Waals surface area (Å²) in [5.74, 6) is 3.26. The number of hydrogen-bond donors (Lipinski definition) is 1. The third kappa shape index (κ3) is 3.94. The van der Waals surface area contributed by atoms with E-state index in [0.717, 1.165) is 25.5 Å². The van der Waals surface area contributed by atoms with Crippen molar-refractivity contribution in [3.05, 3.63) is 15.6 Å². The van der Waals surface area contributed by atoms with Gasteiger partial charge in [-0.3, -0.25) is 0 Å². The molecule has 1 aliphatic rings. The van der Waals surface area contributed by atoms with Gasteiger partial charge in [0.25, 0.3) is 0 Å². The first-order valence-electron chi connectivity index (χ1n) is 7.02. The zero-order valence-corrected chi connectivity index (χ0v) is 13.7. The average Bonchev–Trinajstić information content (AvgIpc) is 3.04. The van der Waals surface area contributed by atoms with Crippen molar-refractivity contribution in [3.8, 4) is 0 Å². The summed E-state index contributed by atoms with van der Waals surface area (Å²) in [6.45, 7) is 6.05. The molecule has 0 aromatic carbocycles. The van der Waals surface area contributed by atoms with Crippen LogP contribution in [0, 0.1) is 12.8 Å². The molecule has 1 aliphatic heterocycles. The highest BCUT2D eigenvalue weighted by Gasteiger charge is 2.29. The van der Waals surface area contributed by atoms with Gasteiger partial charge >= 0.3 is 0 Å². The molecule has 0 amide bonds. The van der Waals surface area contributed by atoms with E-state index in [1.807, 2.05) is 11.3 Å². The van der Waals surface area contributed by atoms with Gasteiger partial charge in [-0.05, 0) is 37.2 Å². The molecule has 0 radical (unpaired) electrons. The van der Waals surface area contributed by atoms with Crippen molar-refractivity contribution in [2.75, 3.05) is 31.8 Å². The number of aromatic nitrogens is 1. The lowest BCUT2D eigenvalue weighted by Gasteiger charge is -2.22. The van der Waals surface area contributed by atoms with Crippen LogP contribution in [0.1, 0.15) is 35.0 Å². The molecule has 2 rings (SSSR count). The van der Waals surface area contributed by atoms with Crippen LogP contribution in [0.15, 0.2) is 0 Å². The van der Waals surface area contributed by atoms with E-state index in [-0.39, 0.29) is 0 Å². The maximum atomic E-state index is 5.16. The lowest BCUT2D eigenvalue weighted by Crippen LogP contribution is -2.31. The largest absolute Gasteiger partial charge is 0.383 e. The van der Waals surface area contributed by atoms with E-state index in [2.05, 4.69) is 30.9 Å². The SMILES string of the molecule is CCc1nc(C(NCCOC)C2CCSC2)sc1C. The molecule has 108 valence electrons. The Morgan fingerprint density at radius 2 is 2.37 bits per heavy atom. The van der Waals surface area contributed by atoms with E-state index in [1.54, 1.807) is 7.11 Å². The van der Waals surface area contributed by atoms with E-state index in [9.17, 15) is 0 Å². The van der Waals surface area contributed by atoms with Gasteiger partial charge in [0.15, 0.2) is 0 Å². The second-order valence-electron chi connectivity index (χ2n) is 4.96. The van der Waals surface area contributed by atoms with Crippen molar-refractivity contribution in [1.29, 1.82) is 0 Å². The fraction of sp³-hybridized carbons (Fsp3) is 0.786. The molecule has 5 heteroatoms. The molecule has 2 heterocycles. The molecule has 0 aliphatic carbocycles. The molecule has 3 nitrogen and oxygen atoms in total. The summed E-state index contributed by atoms with van der Waals surface area (Å²) in [7, 11) is 1.75. The van der Waals surface area contributed by atoms with Crippen LogP contribution < -0.4 is 5.32 Å². The molecule has 0 spiro atoms. The number of ether oxygens (including phenoxy) is 1. The van der Waals surface area contributed by atoms with E-state index >= 15 is 0 Å². The van der Waals surface area contributed by atoms with Crippen molar-refractivity contribution in [1.82, 2.24) is 10.3 Å². The Morgan fingerprint density at radius 3 is 2.95 bits per heavy atom. The van der Waals surface area contributed by atoms with Crippen molar-refractivity contribution < 1.29 is 4.74 Å². The molecule has 1 N–H and O–H groups in total. The van der Waals surface area contributed by atoms with Gasteiger partial charge in [-0.25, -0.2) is 4.98 Å². The summed E-state index contributed by atoms with van der Waals surface area (Å²) < 4.78 is 5.16. The maximum Gasteiger partial charge on any atom is 0.110 e. The molecule has 2 unspecified atom stereocenters. The number of thioether (sulfide) groups is 1. The van der Waals surface area contributed by atoms with Crippen LogP contribution in [-0.4, -0.2) is 36.8 Å². The fourth-order valence-electron chi connectivity index (χ4n) is 2.50. The normalized spacial score (nSPS) is 20.9. The standard InChI is InChI=1S/C14H24N2OS2/c1-4-12-10(2)19-14(16-12)13(15-6-7-17-3)11-5-8-18-9-11/h11,13,15H,4-9H2,1-3H3. The minimum Gasteiger partial charge on any atom is -0.383 e. The first-order chi connectivity index (χ1) is 9.26. The van der Waals surface area contributed by atoms with E-state index < -0.39 is 0 Å². The van der Waals surface area contributed by atoms with Crippen molar-refractivity contribution in [3.63, 3.8) is 0 Å². The topological polar surface area (TPSA) is 34.2 Å². The number of hydrogen-bond acceptors (Lipinski definition) is 5. The van der Waals surface area contributed by atoms with Crippen LogP contribution in [0.3, 0.4) is 0 Å². The molecule has 19 heavy (non-hydrogen) atoms. The molecule has 0 saturated carbocycles. The monoisotopic (exact) mass is 300 g/mol. The lowest BCUT2D eigenvalue weighted by molar-refractivity contribution is 0.191. The van der Waals surface area contributed by atoms with Gasteiger partial charge in [0.1, 0.15) is 5.01 Å². The summed E-state index contributed by atoms with van der Waals surface area (Å²) in [6.07, 6.45) is 2.34. The first kappa shape index (κ1) is 15.3. The second kappa shape index (κ2) is 7.62. The predicted octanol–water partition coefficient (Wildman–Crippen LogP) is 3.04. The number of methoxy groups -OCH3 is 1.